The lowest BCUT2D eigenvalue weighted by Gasteiger charge is -2.08. The number of carbonyl (C=O) groups excluding carboxylic acids is 1. The number of ether oxygens (including phenoxy) is 1. The molecule has 0 aliphatic rings. The smallest absolute Gasteiger partial charge is 0.325 e. The zero-order valence-corrected chi connectivity index (χ0v) is 10.4. The second kappa shape index (κ2) is 7.03. The standard InChI is InChI=1S/C8H16ClNO4S/c1-3-15(12,13)5-4-10-6-7(9)8(11)14-2/h7,10H,3-6H2,1-2H3. The first kappa shape index (κ1) is 14.7. The molecule has 0 fully saturated rings. The van der Waals surface area contributed by atoms with Crippen molar-refractivity contribution in [2.24, 2.45) is 0 Å². The summed E-state index contributed by atoms with van der Waals surface area (Å²) in [7, 11) is -1.72. The summed E-state index contributed by atoms with van der Waals surface area (Å²) in [4.78, 5) is 10.8. The average Bonchev–Trinajstić information content (AvgIpc) is 2.22. The van der Waals surface area contributed by atoms with Crippen molar-refractivity contribution in [2.45, 2.75) is 12.3 Å². The minimum atomic E-state index is -2.97. The molecule has 0 amide bonds. The molecular weight excluding hydrogens is 242 g/mol. The summed E-state index contributed by atoms with van der Waals surface area (Å²) in [5, 5.41) is 2.00. The lowest BCUT2D eigenvalue weighted by atomic mass is 10.4. The summed E-state index contributed by atoms with van der Waals surface area (Å²) < 4.78 is 26.5. The van der Waals surface area contributed by atoms with Crippen LogP contribution in [-0.2, 0) is 19.4 Å². The Morgan fingerprint density at radius 1 is 1.53 bits per heavy atom. The Morgan fingerprint density at radius 2 is 2.13 bits per heavy atom. The molecule has 0 heterocycles. The average molecular weight is 258 g/mol. The van der Waals surface area contributed by atoms with Gasteiger partial charge in [0.15, 0.2) is 9.84 Å². The molecule has 0 spiro atoms. The van der Waals surface area contributed by atoms with Crippen molar-refractivity contribution >= 4 is 27.4 Å². The first-order valence-electron chi connectivity index (χ1n) is 4.56. The van der Waals surface area contributed by atoms with Crippen LogP contribution in [0.2, 0.25) is 0 Å². The molecule has 0 bridgehead atoms. The summed E-state index contributed by atoms with van der Waals surface area (Å²) in [6.45, 7) is 2.08. The number of esters is 1. The molecule has 0 aromatic carbocycles. The zero-order valence-electron chi connectivity index (χ0n) is 8.82. The van der Waals surface area contributed by atoms with Gasteiger partial charge < -0.3 is 10.1 Å². The Labute approximate surface area is 95.0 Å². The Balaban J connectivity index is 3.68. The van der Waals surface area contributed by atoms with E-state index in [0.29, 0.717) is 0 Å². The van der Waals surface area contributed by atoms with E-state index in [1.54, 1.807) is 6.92 Å². The molecule has 1 N–H and O–H groups in total. The molecule has 90 valence electrons. The van der Waals surface area contributed by atoms with Crippen LogP contribution in [0.15, 0.2) is 0 Å². The summed E-state index contributed by atoms with van der Waals surface area (Å²) in [5.74, 6) is -0.355. The van der Waals surface area contributed by atoms with Gasteiger partial charge in [-0.2, -0.15) is 0 Å². The van der Waals surface area contributed by atoms with Crippen molar-refractivity contribution in [1.29, 1.82) is 0 Å². The fraction of sp³-hybridized carbons (Fsp3) is 0.875. The molecule has 1 unspecified atom stereocenters. The lowest BCUT2D eigenvalue weighted by Crippen LogP contribution is -2.33. The van der Waals surface area contributed by atoms with Gasteiger partial charge >= 0.3 is 5.97 Å². The molecule has 0 aromatic heterocycles. The fourth-order valence-corrected chi connectivity index (χ4v) is 1.75. The van der Waals surface area contributed by atoms with Gasteiger partial charge in [-0.25, -0.2) is 8.42 Å². The molecule has 0 radical (unpaired) electrons. The fourth-order valence-electron chi connectivity index (χ4n) is 0.812. The largest absolute Gasteiger partial charge is 0.468 e. The van der Waals surface area contributed by atoms with Gasteiger partial charge in [-0.05, 0) is 0 Å². The van der Waals surface area contributed by atoms with Gasteiger partial charge in [0.25, 0.3) is 0 Å². The van der Waals surface area contributed by atoms with Crippen LogP contribution in [0.3, 0.4) is 0 Å². The quantitative estimate of drug-likeness (QED) is 0.388. The SMILES string of the molecule is CCS(=O)(=O)CCNCC(Cl)C(=O)OC. The van der Waals surface area contributed by atoms with Gasteiger partial charge in [-0.15, -0.1) is 11.6 Å². The second-order valence-corrected chi connectivity index (χ2v) is 5.93. The van der Waals surface area contributed by atoms with E-state index in [-0.39, 0.29) is 24.6 Å². The number of methoxy groups -OCH3 is 1. The molecule has 0 saturated heterocycles. The van der Waals surface area contributed by atoms with Crippen LogP contribution in [0, 0.1) is 0 Å². The maximum absolute atomic E-state index is 11.1. The normalized spacial score (nSPS) is 13.5. The Morgan fingerprint density at radius 3 is 2.60 bits per heavy atom. The van der Waals surface area contributed by atoms with E-state index in [1.807, 2.05) is 0 Å². The second-order valence-electron chi connectivity index (χ2n) is 2.93. The Bertz CT molecular complexity index is 291. The number of halogens is 1. The van der Waals surface area contributed by atoms with Crippen molar-refractivity contribution in [3.05, 3.63) is 0 Å². The number of hydrogen-bond donors (Lipinski definition) is 1. The first-order valence-corrected chi connectivity index (χ1v) is 6.81. The zero-order chi connectivity index (χ0) is 11.9. The van der Waals surface area contributed by atoms with E-state index < -0.39 is 21.2 Å². The van der Waals surface area contributed by atoms with Crippen LogP contribution in [0.25, 0.3) is 0 Å². The third-order valence-corrected chi connectivity index (χ3v) is 3.85. The van der Waals surface area contributed by atoms with Crippen molar-refractivity contribution in [1.82, 2.24) is 5.32 Å². The van der Waals surface area contributed by atoms with E-state index in [2.05, 4.69) is 10.1 Å². The van der Waals surface area contributed by atoms with Crippen LogP contribution in [0.4, 0.5) is 0 Å². The lowest BCUT2D eigenvalue weighted by molar-refractivity contribution is -0.140. The summed E-state index contributed by atoms with van der Waals surface area (Å²) >= 11 is 5.63. The van der Waals surface area contributed by atoms with Gasteiger partial charge in [-0.3, -0.25) is 4.79 Å². The third-order valence-electron chi connectivity index (χ3n) is 1.81. The number of rotatable bonds is 7. The summed E-state index contributed by atoms with van der Waals surface area (Å²) in [5.41, 5.74) is 0. The molecule has 15 heavy (non-hydrogen) atoms. The highest BCUT2D eigenvalue weighted by Gasteiger charge is 2.15. The van der Waals surface area contributed by atoms with Crippen LogP contribution < -0.4 is 5.32 Å². The van der Waals surface area contributed by atoms with E-state index in [9.17, 15) is 13.2 Å². The number of sulfone groups is 1. The monoisotopic (exact) mass is 257 g/mol. The molecule has 1 atom stereocenters. The van der Waals surface area contributed by atoms with Crippen molar-refractivity contribution in [2.75, 3.05) is 31.7 Å². The molecule has 0 aliphatic carbocycles. The van der Waals surface area contributed by atoms with Crippen molar-refractivity contribution in [3.8, 4) is 0 Å². The first-order chi connectivity index (χ1) is 6.93. The van der Waals surface area contributed by atoms with Crippen molar-refractivity contribution in [3.63, 3.8) is 0 Å². The van der Waals surface area contributed by atoms with Crippen LogP contribution in [0.5, 0.6) is 0 Å². The topological polar surface area (TPSA) is 72.5 Å². The van der Waals surface area contributed by atoms with Gasteiger partial charge in [0.1, 0.15) is 5.38 Å². The maximum atomic E-state index is 11.1. The molecule has 0 saturated carbocycles. The van der Waals surface area contributed by atoms with E-state index in [4.69, 9.17) is 11.6 Å². The highest BCUT2D eigenvalue weighted by Crippen LogP contribution is 1.96. The number of hydrogen-bond acceptors (Lipinski definition) is 5. The highest BCUT2D eigenvalue weighted by atomic mass is 35.5. The number of nitrogens with one attached hydrogen (secondary N) is 1. The minimum Gasteiger partial charge on any atom is -0.468 e. The van der Waals surface area contributed by atoms with Gasteiger partial charge in [-0.1, -0.05) is 6.92 Å². The van der Waals surface area contributed by atoms with Gasteiger partial charge in [0.05, 0.1) is 12.9 Å². The van der Waals surface area contributed by atoms with Gasteiger partial charge in [0.2, 0.25) is 0 Å². The highest BCUT2D eigenvalue weighted by molar-refractivity contribution is 7.91. The van der Waals surface area contributed by atoms with Crippen LogP contribution >= 0.6 is 11.6 Å². The summed E-state index contributed by atoms with van der Waals surface area (Å²) in [6, 6.07) is 0. The number of alkyl halides is 1. The molecular formula is C8H16ClNO4S. The molecule has 7 heteroatoms. The van der Waals surface area contributed by atoms with E-state index in [1.165, 1.54) is 7.11 Å². The summed E-state index contributed by atoms with van der Waals surface area (Å²) in [6.07, 6.45) is 0. The molecule has 0 rings (SSSR count). The Kier molecular flexibility index (Phi) is 6.87. The Hall–Kier alpha value is -0.330. The molecule has 0 aliphatic heterocycles. The van der Waals surface area contributed by atoms with E-state index >= 15 is 0 Å². The van der Waals surface area contributed by atoms with Crippen molar-refractivity contribution < 1.29 is 17.9 Å². The maximum Gasteiger partial charge on any atom is 0.325 e. The van der Waals surface area contributed by atoms with E-state index in [0.717, 1.165) is 0 Å². The predicted molar refractivity (Wildman–Crippen MR) is 58.9 cm³/mol. The van der Waals surface area contributed by atoms with Crippen LogP contribution in [-0.4, -0.2) is 51.5 Å². The van der Waals surface area contributed by atoms with Gasteiger partial charge in [0, 0.05) is 18.8 Å². The predicted octanol–water partition coefficient (Wildman–Crippen LogP) is -0.209. The minimum absolute atomic E-state index is 0.0499. The third kappa shape index (κ3) is 6.70. The molecule has 5 nitrogen and oxygen atoms in total. The van der Waals surface area contributed by atoms with Crippen LogP contribution in [0.1, 0.15) is 6.92 Å². The number of carbonyl (C=O) groups is 1. The molecule has 0 aromatic rings.